The number of sulfonamides is 1. The number of nitrogens with zero attached hydrogens (tertiary/aromatic N) is 9. The van der Waals surface area contributed by atoms with Gasteiger partial charge in [-0.05, 0) is 285 Å². The first-order chi connectivity index (χ1) is 62.3. The molecule has 42 heteroatoms. The summed E-state index contributed by atoms with van der Waals surface area (Å²) in [5.74, 6) is -3.39. The van der Waals surface area contributed by atoms with E-state index in [1.54, 1.807) is 84.6 Å². The number of piperidine rings is 1. The minimum Gasteiger partial charge on any atom is -0.465 e. The summed E-state index contributed by atoms with van der Waals surface area (Å²) in [5, 5.41) is 16.1. The number of hydrogen-bond acceptors (Lipinski definition) is 27. The van der Waals surface area contributed by atoms with Crippen molar-refractivity contribution in [1.29, 1.82) is 0 Å². The van der Waals surface area contributed by atoms with E-state index in [1.807, 2.05) is 30.5 Å². The van der Waals surface area contributed by atoms with Gasteiger partial charge in [-0.3, -0.25) is 19.2 Å². The number of benzene rings is 7. The van der Waals surface area contributed by atoms with Crippen LogP contribution in [0.2, 0.25) is 20.1 Å². The number of methoxy groups -OCH3 is 1. The molecule has 4 N–H and O–H groups in total. The van der Waals surface area contributed by atoms with Crippen LogP contribution in [0, 0.1) is 23.3 Å². The molecule has 15 aromatic rings. The number of aromatic nitrogens is 8. The van der Waals surface area contributed by atoms with Crippen LogP contribution in [-0.4, -0.2) is 136 Å². The SMILES string of the molecule is COC(=O)c1ccc(NC(=O)c2nc(-c3ccc(F)cc3)oc2Sc2ccc(Cl)cn2)cc1.CS(=O)(=O)N1CCC(NC(=O)c2nc(-c3ccc(F)cc3)oc2Sc2ccc(Cl)cn2)CC1.CS(=O)(=O)c1ccc(NC(=O)c2nc(-c3ccc(F)cc3)oc2Sc2ccc(Cl)cn2)cc1.CSc1ccc(NC(=O)c2nc(-c3ccc(F)cc3)oc2Sc2ccc(Cl)cn2)cc1. The minimum absolute atomic E-state index is 0.0109. The molecule has 0 bridgehead atoms. The fourth-order valence-electron chi connectivity index (χ4n) is 11.4. The molecule has 1 aliphatic rings. The quantitative estimate of drug-likeness (QED) is 0.0248. The number of ether oxygens (including phenoxy) is 1. The number of oxazole rings is 4. The van der Waals surface area contributed by atoms with E-state index < -0.39 is 66.9 Å². The normalized spacial score (nSPS) is 12.1. The van der Waals surface area contributed by atoms with Crippen LogP contribution in [0.5, 0.6) is 0 Å². The minimum atomic E-state index is -3.36. The maximum absolute atomic E-state index is 13.3. The van der Waals surface area contributed by atoms with E-state index >= 15 is 0 Å². The number of hydrogen-bond donors (Lipinski definition) is 4. The second-order valence-corrected chi connectivity index (χ2v) is 37.8. The summed E-state index contributed by atoms with van der Waals surface area (Å²) in [5.41, 5.74) is 4.04. The van der Waals surface area contributed by atoms with Gasteiger partial charge >= 0.3 is 5.97 Å². The second-order valence-electron chi connectivity index (χ2n) is 27.2. The van der Waals surface area contributed by atoms with Crippen LogP contribution in [0.25, 0.3) is 45.8 Å². The van der Waals surface area contributed by atoms with E-state index in [9.17, 15) is 58.4 Å². The Labute approximate surface area is 780 Å². The number of thioether (sulfide) groups is 1. The van der Waals surface area contributed by atoms with Crippen molar-refractivity contribution < 1.29 is 80.8 Å². The highest BCUT2D eigenvalue weighted by atomic mass is 35.5. The number of anilines is 3. The number of carbonyl (C=O) groups excluding carboxylic acids is 5. The number of rotatable bonds is 24. The highest BCUT2D eigenvalue weighted by Gasteiger charge is 2.32. The third-order valence-electron chi connectivity index (χ3n) is 17.9. The van der Waals surface area contributed by atoms with Crippen molar-refractivity contribution in [2.75, 3.05) is 54.9 Å². The Morgan fingerprint density at radius 3 is 0.946 bits per heavy atom. The molecule has 0 atom stereocenters. The van der Waals surface area contributed by atoms with E-state index in [0.717, 1.165) is 58.2 Å². The Kier molecular flexibility index (Phi) is 32.3. The molecular formula is C88H65Cl4F4N13O14S7. The topological polar surface area (TPSA) is 370 Å². The van der Waals surface area contributed by atoms with Crippen molar-refractivity contribution in [2.45, 2.75) is 69.1 Å². The zero-order chi connectivity index (χ0) is 92.3. The Bertz CT molecular complexity index is 6770. The number of esters is 1. The van der Waals surface area contributed by atoms with Gasteiger partial charge in [-0.15, -0.1) is 11.8 Å². The highest BCUT2D eigenvalue weighted by molar-refractivity contribution is 8.00. The molecular weight excluding hydrogens is 1910 g/mol. The van der Waals surface area contributed by atoms with Crippen LogP contribution < -0.4 is 21.3 Å². The number of carbonyl (C=O) groups is 5. The van der Waals surface area contributed by atoms with Gasteiger partial charge in [-0.2, -0.15) is 0 Å². The van der Waals surface area contributed by atoms with Crippen LogP contribution in [0.3, 0.4) is 0 Å². The van der Waals surface area contributed by atoms with Crippen molar-refractivity contribution in [3.8, 4) is 45.8 Å². The second kappa shape index (κ2) is 44.0. The van der Waals surface area contributed by atoms with Crippen LogP contribution in [-0.2, 0) is 24.6 Å². The molecule has 4 amide bonds. The smallest absolute Gasteiger partial charge is 0.337 e. The standard InChI is InChI=1S/C23H15ClFN3O4S.C22H15ClFN3O4S2.C22H15ClFN3O2S2.C21H20ClFN4O4S2/c1-31-22(30)14-4-9-17(10-5-14)27-20(29)19-23(33-18-11-6-15(24)12-26-18)32-21(28-19)13-2-7-16(25)8-3-13;1-33(29,30)17-9-7-16(8-10-17)26-20(28)19-22(32-18-11-4-14(23)12-25-18)31-21(27-19)13-2-5-15(24)6-3-13;1-30-17-9-7-16(8-10-17)26-20(28)19-22(31-18-11-4-14(23)12-25-18)29-21(27-19)13-2-5-15(24)6-3-13;1-33(29,30)27-10-8-16(9-11-27)25-19(28)18-21(32-17-7-4-14(22)12-24-17)31-20(26-18)13-2-5-15(23)6-3-13/h2-12H,1H3,(H,27,29);2-12H,1H3,(H,26,28);2-12H,1H3,(H,26,28);2-7,12,16H,8-11H2,1H3,(H,25,28). The molecule has 1 aliphatic heterocycles. The van der Waals surface area contributed by atoms with Crippen molar-refractivity contribution in [2.24, 2.45) is 0 Å². The van der Waals surface area contributed by atoms with Crippen molar-refractivity contribution in [3.63, 3.8) is 0 Å². The van der Waals surface area contributed by atoms with Crippen LogP contribution >= 0.6 is 105 Å². The third-order valence-corrected chi connectivity index (χ3v) is 25.6. The van der Waals surface area contributed by atoms with Crippen molar-refractivity contribution in [3.05, 3.63) is 315 Å². The molecule has 7 aromatic carbocycles. The molecule has 130 heavy (non-hydrogen) atoms. The summed E-state index contributed by atoms with van der Waals surface area (Å²) in [6, 6.07) is 55.0. The number of halogens is 8. The van der Waals surface area contributed by atoms with Gasteiger partial charge in [0.1, 0.15) is 43.4 Å². The van der Waals surface area contributed by atoms with Gasteiger partial charge < -0.3 is 43.7 Å². The maximum atomic E-state index is 13.3. The van der Waals surface area contributed by atoms with Crippen LogP contribution in [0.1, 0.15) is 65.2 Å². The molecule has 0 radical (unpaired) electrons. The summed E-state index contributed by atoms with van der Waals surface area (Å²) < 4.78 is 129. The largest absolute Gasteiger partial charge is 0.465 e. The number of sulfone groups is 1. The van der Waals surface area contributed by atoms with Gasteiger partial charge in [-0.1, -0.05) is 46.4 Å². The van der Waals surface area contributed by atoms with Gasteiger partial charge in [0.05, 0.1) is 43.9 Å². The molecule has 27 nitrogen and oxygen atoms in total. The zero-order valence-corrected chi connectivity index (χ0v) is 76.4. The Balaban J connectivity index is 0.000000148. The fourth-order valence-corrected chi connectivity index (χ4v) is 16.9. The third kappa shape index (κ3) is 26.5. The monoisotopic (exact) mass is 1970 g/mol. The summed E-state index contributed by atoms with van der Waals surface area (Å²) >= 11 is 29.6. The Morgan fingerprint density at radius 1 is 0.400 bits per heavy atom. The summed E-state index contributed by atoms with van der Waals surface area (Å²) in [4.78, 5) is 99.1. The van der Waals surface area contributed by atoms with Gasteiger partial charge in [0.2, 0.25) is 54.0 Å². The predicted molar refractivity (Wildman–Crippen MR) is 487 cm³/mol. The predicted octanol–water partition coefficient (Wildman–Crippen LogP) is 21.5. The molecule has 0 saturated carbocycles. The van der Waals surface area contributed by atoms with E-state index in [2.05, 4.69) is 65.9 Å². The first-order valence-electron chi connectivity index (χ1n) is 37.9. The lowest BCUT2D eigenvalue weighted by atomic mass is 10.1. The average Bonchev–Trinajstić information content (AvgIpc) is 1.65. The number of pyridine rings is 4. The Morgan fingerprint density at radius 2 is 0.685 bits per heavy atom. The maximum Gasteiger partial charge on any atom is 0.337 e. The average molecular weight is 1970 g/mol. The number of nitrogens with one attached hydrogen (secondary N) is 4. The molecule has 8 aromatic heterocycles. The molecule has 1 fully saturated rings. The van der Waals surface area contributed by atoms with Gasteiger partial charge in [-0.25, -0.2) is 83.4 Å². The fraction of sp³-hybridized carbons (Fsp3) is 0.102. The molecule has 0 spiro atoms. The molecule has 664 valence electrons. The molecule has 0 unspecified atom stereocenters. The first-order valence-corrected chi connectivity index (χ1v) is 47.6. The Hall–Kier alpha value is -12.2. The van der Waals surface area contributed by atoms with Crippen molar-refractivity contribution in [1.82, 2.24) is 49.5 Å². The van der Waals surface area contributed by atoms with Gasteiger partial charge in [0, 0.05) is 94.4 Å². The van der Waals surface area contributed by atoms with Gasteiger partial charge in [0.15, 0.2) is 32.6 Å². The van der Waals surface area contributed by atoms with E-state index in [4.69, 9.17) is 64.1 Å². The lowest BCUT2D eigenvalue weighted by Gasteiger charge is -2.30. The first kappa shape index (κ1) is 95.4. The molecule has 1 saturated heterocycles. The summed E-state index contributed by atoms with van der Waals surface area (Å²) in [6.07, 6.45) is 11.2. The summed E-state index contributed by atoms with van der Waals surface area (Å²) in [7, 11) is -5.33. The zero-order valence-electron chi connectivity index (χ0n) is 67.6. The lowest BCUT2D eigenvalue weighted by Crippen LogP contribution is -2.46. The lowest BCUT2D eigenvalue weighted by molar-refractivity contribution is 0.0600. The van der Waals surface area contributed by atoms with E-state index in [0.29, 0.717) is 111 Å². The number of amides is 4. The summed E-state index contributed by atoms with van der Waals surface area (Å²) in [6.45, 7) is 0.666. The molecule has 9 heterocycles. The van der Waals surface area contributed by atoms with Crippen molar-refractivity contribution >= 4 is 172 Å². The van der Waals surface area contributed by atoms with E-state index in [1.165, 1.54) is 164 Å². The van der Waals surface area contributed by atoms with E-state index in [-0.39, 0.29) is 83.5 Å². The van der Waals surface area contributed by atoms with Crippen LogP contribution in [0.15, 0.2) is 311 Å². The van der Waals surface area contributed by atoms with Gasteiger partial charge in [0.25, 0.3) is 23.6 Å². The molecule has 16 rings (SSSR count). The van der Waals surface area contributed by atoms with Crippen LogP contribution in [0.4, 0.5) is 34.6 Å². The molecule has 0 aliphatic carbocycles. The highest BCUT2D eigenvalue weighted by Crippen LogP contribution is 2.40.